The number of ether oxygens (including phenoxy) is 1. The maximum Gasteiger partial charge on any atom is 0.413 e. The Kier molecular flexibility index (Phi) is 15.0. The van der Waals surface area contributed by atoms with Gasteiger partial charge in [-0.15, -0.1) is 0 Å². The zero-order valence-corrected chi connectivity index (χ0v) is 24.1. The number of hydrogen-bond acceptors (Lipinski definition) is 7. The molecule has 0 aliphatic carbocycles. The summed E-state index contributed by atoms with van der Waals surface area (Å²) in [6.45, 7) is 9.09. The van der Waals surface area contributed by atoms with Gasteiger partial charge in [-0.25, -0.2) is 14.8 Å². The number of imide groups is 1. The Balaban J connectivity index is 2.00. The van der Waals surface area contributed by atoms with E-state index in [-0.39, 0.29) is 12.3 Å². The number of carbonyl (C=O) groups is 3. The molecule has 8 nitrogen and oxygen atoms in total. The van der Waals surface area contributed by atoms with Gasteiger partial charge in [0.05, 0.1) is 13.2 Å². The number of amides is 2. The third kappa shape index (κ3) is 12.6. The summed E-state index contributed by atoms with van der Waals surface area (Å²) in [5.74, 6) is -0.145. The van der Waals surface area contributed by atoms with Crippen molar-refractivity contribution in [2.24, 2.45) is 0 Å². The zero-order chi connectivity index (χ0) is 28.5. The van der Waals surface area contributed by atoms with Crippen LogP contribution in [0.2, 0.25) is 0 Å². The van der Waals surface area contributed by atoms with Gasteiger partial charge in [-0.2, -0.15) is 0 Å². The van der Waals surface area contributed by atoms with Crippen molar-refractivity contribution in [2.75, 3.05) is 33.3 Å². The fourth-order valence-electron chi connectivity index (χ4n) is 4.23. The molecule has 0 heterocycles. The van der Waals surface area contributed by atoms with E-state index in [4.69, 9.17) is 4.74 Å². The van der Waals surface area contributed by atoms with E-state index in [1.807, 2.05) is 30.1 Å². The molecule has 0 saturated heterocycles. The molecule has 0 unspecified atom stereocenters. The predicted octanol–water partition coefficient (Wildman–Crippen LogP) is 5.31. The molecule has 0 aliphatic heterocycles. The van der Waals surface area contributed by atoms with Gasteiger partial charge in [0, 0.05) is 33.1 Å². The molecule has 214 valence electrons. The van der Waals surface area contributed by atoms with Crippen LogP contribution in [0, 0.1) is 0 Å². The number of nitrogens with zero attached hydrogens (tertiary/aromatic N) is 2. The summed E-state index contributed by atoms with van der Waals surface area (Å²) in [7, 11) is 1.95. The molecule has 2 N–H and O–H groups in total. The summed E-state index contributed by atoms with van der Waals surface area (Å²) in [5, 5.41) is 9.79. The summed E-state index contributed by atoms with van der Waals surface area (Å²) in [4.78, 5) is 35.6. The standard InChI is InChI=1S/C31H46N4O4/c1-5-7-21-39-31(38)33-30(37)24-35(34(4)20-6-2)23-26-15-17-27(18-16-26)29-14-9-8-13-28(29)22-32-19-11-10-12-25(3)36/h8-9,13-18,32H,5-7,10-12,19-24H2,1-4H3,(H,33,37,38). The number of nitrogens with one attached hydrogen (secondary N) is 2. The van der Waals surface area contributed by atoms with Crippen molar-refractivity contribution in [1.82, 2.24) is 20.7 Å². The minimum atomic E-state index is -0.694. The van der Waals surface area contributed by atoms with Gasteiger partial charge in [-0.1, -0.05) is 68.8 Å². The van der Waals surface area contributed by atoms with E-state index in [1.165, 1.54) is 11.1 Å². The molecule has 0 atom stereocenters. The summed E-state index contributed by atoms with van der Waals surface area (Å²) < 4.78 is 5.06. The number of hydrogen-bond donors (Lipinski definition) is 2. The van der Waals surface area contributed by atoms with Gasteiger partial charge in [-0.3, -0.25) is 10.1 Å². The van der Waals surface area contributed by atoms with Crippen molar-refractivity contribution >= 4 is 17.8 Å². The van der Waals surface area contributed by atoms with Gasteiger partial charge in [-0.05, 0) is 61.4 Å². The maximum atomic E-state index is 12.5. The van der Waals surface area contributed by atoms with Gasteiger partial charge in [0.2, 0.25) is 5.91 Å². The van der Waals surface area contributed by atoms with Crippen LogP contribution in [0.5, 0.6) is 0 Å². The van der Waals surface area contributed by atoms with E-state index in [0.29, 0.717) is 19.6 Å². The Labute approximate surface area is 234 Å². The minimum Gasteiger partial charge on any atom is -0.449 e. The second kappa shape index (κ2) is 18.3. The number of ketones is 1. The normalized spacial score (nSPS) is 11.1. The minimum absolute atomic E-state index is 0.0576. The molecule has 0 fully saturated rings. The number of benzene rings is 2. The first-order chi connectivity index (χ1) is 18.8. The van der Waals surface area contributed by atoms with E-state index in [1.54, 1.807) is 6.92 Å². The molecular weight excluding hydrogens is 492 g/mol. The lowest BCUT2D eigenvalue weighted by Gasteiger charge is -2.31. The molecule has 0 bridgehead atoms. The second-order valence-corrected chi connectivity index (χ2v) is 9.93. The van der Waals surface area contributed by atoms with E-state index in [0.717, 1.165) is 62.9 Å². The first kappa shape index (κ1) is 32.1. The van der Waals surface area contributed by atoms with Crippen LogP contribution in [-0.4, -0.2) is 61.1 Å². The third-order valence-corrected chi connectivity index (χ3v) is 6.42. The van der Waals surface area contributed by atoms with E-state index < -0.39 is 12.0 Å². The molecule has 0 spiro atoms. The topological polar surface area (TPSA) is 91.0 Å². The van der Waals surface area contributed by atoms with Crippen LogP contribution in [-0.2, 0) is 27.4 Å². The highest BCUT2D eigenvalue weighted by Gasteiger charge is 2.18. The fourth-order valence-corrected chi connectivity index (χ4v) is 4.23. The summed E-state index contributed by atoms with van der Waals surface area (Å²) in [6, 6.07) is 16.8. The third-order valence-electron chi connectivity index (χ3n) is 6.42. The molecule has 2 aromatic rings. The largest absolute Gasteiger partial charge is 0.449 e. The van der Waals surface area contributed by atoms with Crippen molar-refractivity contribution in [3.63, 3.8) is 0 Å². The maximum absolute atomic E-state index is 12.5. The van der Waals surface area contributed by atoms with Gasteiger partial charge < -0.3 is 14.8 Å². The highest BCUT2D eigenvalue weighted by Crippen LogP contribution is 2.24. The summed E-state index contributed by atoms with van der Waals surface area (Å²) in [5.41, 5.74) is 4.61. The fraction of sp³-hybridized carbons (Fsp3) is 0.516. The predicted molar refractivity (Wildman–Crippen MR) is 156 cm³/mol. The van der Waals surface area contributed by atoms with Gasteiger partial charge in [0.15, 0.2) is 0 Å². The Morgan fingerprint density at radius 3 is 2.36 bits per heavy atom. The van der Waals surface area contributed by atoms with E-state index >= 15 is 0 Å². The number of carbonyl (C=O) groups excluding carboxylic acids is 3. The first-order valence-corrected chi connectivity index (χ1v) is 14.1. The molecule has 0 radical (unpaired) electrons. The van der Waals surface area contributed by atoms with Crippen LogP contribution in [0.4, 0.5) is 4.79 Å². The second-order valence-electron chi connectivity index (χ2n) is 9.93. The lowest BCUT2D eigenvalue weighted by molar-refractivity contribution is -0.127. The van der Waals surface area contributed by atoms with Gasteiger partial charge in [0.1, 0.15) is 5.78 Å². The number of Topliss-reactive ketones (excluding diaryl/α,β-unsaturated/α-hetero) is 1. The van der Waals surface area contributed by atoms with Crippen LogP contribution in [0.25, 0.3) is 11.1 Å². The average Bonchev–Trinajstić information content (AvgIpc) is 2.91. The highest BCUT2D eigenvalue weighted by molar-refractivity contribution is 5.92. The zero-order valence-electron chi connectivity index (χ0n) is 24.1. The Bertz CT molecular complexity index is 1030. The Hall–Kier alpha value is -3.07. The van der Waals surface area contributed by atoms with Crippen LogP contribution in [0.1, 0.15) is 70.4 Å². The number of rotatable bonds is 18. The van der Waals surface area contributed by atoms with Crippen molar-refractivity contribution in [3.8, 4) is 11.1 Å². The highest BCUT2D eigenvalue weighted by atomic mass is 16.5. The van der Waals surface area contributed by atoms with Crippen molar-refractivity contribution in [2.45, 2.75) is 72.4 Å². The molecule has 39 heavy (non-hydrogen) atoms. The van der Waals surface area contributed by atoms with Crippen LogP contribution >= 0.6 is 0 Å². The Morgan fingerprint density at radius 1 is 0.923 bits per heavy atom. The summed E-state index contributed by atoms with van der Waals surface area (Å²) >= 11 is 0. The van der Waals surface area contributed by atoms with E-state index in [9.17, 15) is 14.4 Å². The van der Waals surface area contributed by atoms with Crippen molar-refractivity contribution in [1.29, 1.82) is 0 Å². The van der Waals surface area contributed by atoms with Crippen molar-refractivity contribution in [3.05, 3.63) is 59.7 Å². The number of hydrazine groups is 1. The van der Waals surface area contributed by atoms with Gasteiger partial charge >= 0.3 is 6.09 Å². The SMILES string of the molecule is CCCCOC(=O)NC(=O)CN(Cc1ccc(-c2ccccc2CNCCCCC(C)=O)cc1)N(C)CCC. The van der Waals surface area contributed by atoms with Crippen LogP contribution < -0.4 is 10.6 Å². The molecule has 2 amide bonds. The number of alkyl carbamates (subject to hydrolysis) is 1. The molecule has 2 aromatic carbocycles. The molecule has 0 aromatic heterocycles. The molecule has 0 aliphatic rings. The summed E-state index contributed by atoms with van der Waals surface area (Å²) in [6.07, 6.45) is 4.48. The number of unbranched alkanes of at least 4 members (excludes halogenated alkanes) is 2. The van der Waals surface area contributed by atoms with Crippen LogP contribution in [0.15, 0.2) is 48.5 Å². The quantitative estimate of drug-likeness (QED) is 0.196. The lowest BCUT2D eigenvalue weighted by atomic mass is 9.98. The van der Waals surface area contributed by atoms with Gasteiger partial charge in [0.25, 0.3) is 0 Å². The average molecular weight is 539 g/mol. The first-order valence-electron chi connectivity index (χ1n) is 14.1. The monoisotopic (exact) mass is 538 g/mol. The van der Waals surface area contributed by atoms with Crippen molar-refractivity contribution < 1.29 is 19.1 Å². The lowest BCUT2D eigenvalue weighted by Crippen LogP contribution is -2.47. The Morgan fingerprint density at radius 2 is 1.67 bits per heavy atom. The molecular formula is C31H46N4O4. The molecule has 8 heteroatoms. The molecule has 2 rings (SSSR count). The smallest absolute Gasteiger partial charge is 0.413 e. The van der Waals surface area contributed by atoms with E-state index in [2.05, 4.69) is 60.0 Å². The molecule has 0 saturated carbocycles. The van der Waals surface area contributed by atoms with Crippen LogP contribution in [0.3, 0.4) is 0 Å².